The number of carbonyl (C=O) groups is 3. The Morgan fingerprint density at radius 1 is 1.10 bits per heavy atom. The second kappa shape index (κ2) is 6.81. The van der Waals surface area contributed by atoms with Crippen LogP contribution in [0.1, 0.15) is 35.2 Å². The normalized spacial score (nSPS) is 28.7. The molecule has 0 aliphatic carbocycles. The number of likely N-dealkylation sites (tertiary alicyclic amines) is 1. The van der Waals surface area contributed by atoms with Gasteiger partial charge in [-0.3, -0.25) is 24.6 Å². The number of fused-ring (bicyclic) bond motifs is 1. The van der Waals surface area contributed by atoms with Crippen LogP contribution in [0.15, 0.2) is 48.5 Å². The van der Waals surface area contributed by atoms with Crippen LogP contribution in [0, 0.1) is 25.7 Å². The van der Waals surface area contributed by atoms with Crippen LogP contribution < -0.4 is 5.32 Å². The Hall–Kier alpha value is -2.99. The van der Waals surface area contributed by atoms with Crippen molar-refractivity contribution in [1.29, 1.82) is 0 Å². The number of aryl methyl sites for hydroxylation is 2. The van der Waals surface area contributed by atoms with Crippen molar-refractivity contribution in [2.75, 3.05) is 0 Å². The van der Waals surface area contributed by atoms with Crippen LogP contribution in [0.4, 0.5) is 0 Å². The van der Waals surface area contributed by atoms with E-state index in [4.69, 9.17) is 0 Å². The second-order valence-electron chi connectivity index (χ2n) is 8.24. The highest BCUT2D eigenvalue weighted by atomic mass is 16.4. The quantitative estimate of drug-likeness (QED) is 0.781. The van der Waals surface area contributed by atoms with Crippen LogP contribution in [-0.2, 0) is 20.9 Å². The van der Waals surface area contributed by atoms with E-state index in [2.05, 4.69) is 5.32 Å². The summed E-state index contributed by atoms with van der Waals surface area (Å²) in [6.45, 7) is 5.55. The molecule has 29 heavy (non-hydrogen) atoms. The van der Waals surface area contributed by atoms with Crippen LogP contribution >= 0.6 is 0 Å². The minimum atomic E-state index is -1.51. The summed E-state index contributed by atoms with van der Waals surface area (Å²) in [5.41, 5.74) is 2.17. The maximum atomic E-state index is 13.4. The third-order valence-electron chi connectivity index (χ3n) is 6.28. The zero-order chi connectivity index (χ0) is 20.9. The van der Waals surface area contributed by atoms with E-state index in [0.717, 1.165) is 22.3 Å². The fourth-order valence-corrected chi connectivity index (χ4v) is 4.68. The molecule has 2 heterocycles. The summed E-state index contributed by atoms with van der Waals surface area (Å²) in [4.78, 5) is 40.0. The predicted molar refractivity (Wildman–Crippen MR) is 107 cm³/mol. The van der Waals surface area contributed by atoms with E-state index in [1.807, 2.05) is 62.4 Å². The van der Waals surface area contributed by atoms with Crippen LogP contribution in [0.2, 0.25) is 0 Å². The molecule has 4 rings (SSSR count). The molecule has 2 aliphatic rings. The monoisotopic (exact) mass is 392 g/mol. The average Bonchev–Trinajstić information content (AvgIpc) is 3.14. The van der Waals surface area contributed by atoms with Crippen LogP contribution in [-0.4, -0.2) is 33.3 Å². The Kier molecular flexibility index (Phi) is 4.54. The van der Waals surface area contributed by atoms with Gasteiger partial charge in [-0.25, -0.2) is 0 Å². The SMILES string of the molecule is Cc1ccc(C)c(C2NC(C)(C(=O)O)C3C(=O)N(Cc4ccccc4)C(=O)C23)c1. The molecule has 2 N–H and O–H groups in total. The second-order valence-corrected chi connectivity index (χ2v) is 8.24. The molecule has 150 valence electrons. The van der Waals surface area contributed by atoms with E-state index in [1.54, 1.807) is 0 Å². The van der Waals surface area contributed by atoms with Crippen LogP contribution in [0.5, 0.6) is 0 Å². The first-order chi connectivity index (χ1) is 13.7. The Morgan fingerprint density at radius 2 is 1.79 bits per heavy atom. The van der Waals surface area contributed by atoms with Gasteiger partial charge in [0.15, 0.2) is 0 Å². The Balaban J connectivity index is 1.78. The number of carboxylic acid groups (broad SMARTS) is 1. The summed E-state index contributed by atoms with van der Waals surface area (Å²) in [5, 5.41) is 13.1. The number of hydrogen-bond acceptors (Lipinski definition) is 4. The Labute approximate surface area is 169 Å². The maximum Gasteiger partial charge on any atom is 0.324 e. The van der Waals surface area contributed by atoms with Gasteiger partial charge in [-0.15, -0.1) is 0 Å². The van der Waals surface area contributed by atoms with Crippen molar-refractivity contribution in [1.82, 2.24) is 10.2 Å². The summed E-state index contributed by atoms with van der Waals surface area (Å²) in [6.07, 6.45) is 0. The van der Waals surface area contributed by atoms with Gasteiger partial charge in [0.25, 0.3) is 0 Å². The van der Waals surface area contributed by atoms with Crippen LogP contribution in [0.3, 0.4) is 0 Å². The van der Waals surface area contributed by atoms with Crippen LogP contribution in [0.25, 0.3) is 0 Å². The zero-order valence-corrected chi connectivity index (χ0v) is 16.7. The van der Waals surface area contributed by atoms with Crippen molar-refractivity contribution in [2.24, 2.45) is 11.8 Å². The lowest BCUT2D eigenvalue weighted by molar-refractivity contribution is -0.150. The molecule has 2 saturated heterocycles. The number of amides is 2. The van der Waals surface area contributed by atoms with Gasteiger partial charge >= 0.3 is 5.97 Å². The molecular weight excluding hydrogens is 368 g/mol. The van der Waals surface area contributed by atoms with E-state index in [1.165, 1.54) is 11.8 Å². The van der Waals surface area contributed by atoms with Crippen molar-refractivity contribution in [2.45, 2.75) is 38.9 Å². The molecule has 0 aromatic heterocycles. The van der Waals surface area contributed by atoms with Crippen molar-refractivity contribution < 1.29 is 19.5 Å². The lowest BCUT2D eigenvalue weighted by atomic mass is 9.80. The largest absolute Gasteiger partial charge is 0.480 e. The average molecular weight is 392 g/mol. The number of imide groups is 1. The molecule has 2 fully saturated rings. The standard InChI is InChI=1S/C23H24N2O4/c1-13-9-10-14(2)16(11-13)19-17-18(23(3,24-19)22(28)29)21(27)25(20(17)26)12-15-7-5-4-6-8-15/h4-11,17-19,24H,12H2,1-3H3,(H,28,29). The van der Waals surface area contributed by atoms with E-state index < -0.39 is 35.3 Å². The number of benzene rings is 2. The molecule has 6 nitrogen and oxygen atoms in total. The number of nitrogens with zero attached hydrogens (tertiary/aromatic N) is 1. The lowest BCUT2D eigenvalue weighted by Gasteiger charge is -2.28. The number of carbonyl (C=O) groups excluding carboxylic acids is 2. The van der Waals surface area contributed by atoms with Gasteiger partial charge in [-0.1, -0.05) is 54.1 Å². The van der Waals surface area contributed by atoms with Gasteiger partial charge in [-0.2, -0.15) is 0 Å². The Bertz CT molecular complexity index is 1000. The number of hydrogen-bond donors (Lipinski definition) is 2. The van der Waals surface area contributed by atoms with Gasteiger partial charge in [0, 0.05) is 6.04 Å². The molecule has 6 heteroatoms. The first kappa shape index (κ1) is 19.3. The van der Waals surface area contributed by atoms with E-state index in [0.29, 0.717) is 0 Å². The molecule has 2 aromatic carbocycles. The van der Waals surface area contributed by atoms with Crippen molar-refractivity contribution in [3.63, 3.8) is 0 Å². The summed E-state index contributed by atoms with van der Waals surface area (Å²) in [7, 11) is 0. The highest BCUT2D eigenvalue weighted by Gasteiger charge is 2.66. The number of carboxylic acids is 1. The van der Waals surface area contributed by atoms with E-state index in [9.17, 15) is 19.5 Å². The molecule has 0 radical (unpaired) electrons. The van der Waals surface area contributed by atoms with Gasteiger partial charge in [0.1, 0.15) is 5.54 Å². The summed E-state index contributed by atoms with van der Waals surface area (Å²) in [6, 6.07) is 14.6. The first-order valence-electron chi connectivity index (χ1n) is 9.71. The zero-order valence-electron chi connectivity index (χ0n) is 16.7. The topological polar surface area (TPSA) is 86.7 Å². The molecule has 0 spiro atoms. The van der Waals surface area contributed by atoms with Gasteiger partial charge in [-0.05, 0) is 37.5 Å². The molecule has 0 saturated carbocycles. The van der Waals surface area contributed by atoms with E-state index in [-0.39, 0.29) is 12.5 Å². The molecule has 2 amide bonds. The van der Waals surface area contributed by atoms with Gasteiger partial charge in [0.2, 0.25) is 11.8 Å². The smallest absolute Gasteiger partial charge is 0.324 e. The Morgan fingerprint density at radius 3 is 2.45 bits per heavy atom. The highest BCUT2D eigenvalue weighted by molar-refractivity contribution is 6.09. The maximum absolute atomic E-state index is 13.4. The predicted octanol–water partition coefficient (Wildman–Crippen LogP) is 2.59. The molecule has 4 unspecified atom stereocenters. The minimum absolute atomic E-state index is 0.153. The molecule has 2 aromatic rings. The van der Waals surface area contributed by atoms with Crippen molar-refractivity contribution in [3.8, 4) is 0 Å². The summed E-state index contributed by atoms with van der Waals surface area (Å²) >= 11 is 0. The summed E-state index contributed by atoms with van der Waals surface area (Å²) in [5.74, 6) is -3.54. The molecule has 4 atom stereocenters. The summed E-state index contributed by atoms with van der Waals surface area (Å²) < 4.78 is 0. The van der Waals surface area contributed by atoms with Gasteiger partial charge in [0.05, 0.1) is 18.4 Å². The third kappa shape index (κ3) is 2.95. The fourth-order valence-electron chi connectivity index (χ4n) is 4.68. The first-order valence-corrected chi connectivity index (χ1v) is 9.71. The molecular formula is C23H24N2O4. The lowest BCUT2D eigenvalue weighted by Crippen LogP contribution is -2.53. The highest BCUT2D eigenvalue weighted by Crippen LogP contribution is 2.49. The van der Waals surface area contributed by atoms with Crippen molar-refractivity contribution >= 4 is 17.8 Å². The number of nitrogens with one attached hydrogen (secondary N) is 1. The minimum Gasteiger partial charge on any atom is -0.480 e. The molecule has 2 aliphatic heterocycles. The number of aliphatic carboxylic acids is 1. The third-order valence-corrected chi connectivity index (χ3v) is 6.28. The van der Waals surface area contributed by atoms with Gasteiger partial charge < -0.3 is 5.11 Å². The number of rotatable bonds is 4. The fraction of sp³-hybridized carbons (Fsp3) is 0.348. The molecule has 0 bridgehead atoms. The van der Waals surface area contributed by atoms with E-state index >= 15 is 0 Å². The van der Waals surface area contributed by atoms with Crippen molar-refractivity contribution in [3.05, 3.63) is 70.8 Å².